The first-order valence-corrected chi connectivity index (χ1v) is 9.56. The summed E-state index contributed by atoms with van der Waals surface area (Å²) in [5, 5.41) is 9.98. The van der Waals surface area contributed by atoms with Crippen molar-refractivity contribution in [2.24, 2.45) is 22.1 Å². The zero-order valence-electron chi connectivity index (χ0n) is 16.7. The molecule has 0 saturated heterocycles. The molecule has 1 aromatic rings. The molecule has 2 aliphatic rings. The number of fused-ring (bicyclic) bond motifs is 1. The molecule has 1 saturated carbocycles. The van der Waals surface area contributed by atoms with Crippen molar-refractivity contribution < 1.29 is 14.3 Å². The summed E-state index contributed by atoms with van der Waals surface area (Å²) in [6, 6.07) is 9.88. The molecule has 0 spiro atoms. The number of ether oxygens (including phenoxy) is 2. The lowest BCUT2D eigenvalue weighted by atomic mass is 9.63. The van der Waals surface area contributed by atoms with Gasteiger partial charge in [0, 0.05) is 30.2 Å². The number of benzene rings is 1. The Kier molecular flexibility index (Phi) is 5.97. The van der Waals surface area contributed by atoms with Gasteiger partial charge in [-0.15, -0.1) is 0 Å². The highest BCUT2D eigenvalue weighted by Gasteiger charge is 2.47. The van der Waals surface area contributed by atoms with Crippen LogP contribution < -0.4 is 10.5 Å². The first-order valence-electron chi connectivity index (χ1n) is 9.56. The molecule has 148 valence electrons. The van der Waals surface area contributed by atoms with Crippen LogP contribution in [0.1, 0.15) is 38.2 Å². The maximum Gasteiger partial charge on any atom is 0.143 e. The third-order valence-corrected chi connectivity index (χ3v) is 5.35. The fraction of sp³-hybridized carbons (Fsp3) is 0.500. The number of rotatable bonds is 6. The molecule has 0 amide bonds. The molecule has 0 bridgehead atoms. The van der Waals surface area contributed by atoms with Crippen LogP contribution in [0, 0.1) is 22.7 Å². The molecular weight excluding hydrogens is 354 g/mol. The summed E-state index contributed by atoms with van der Waals surface area (Å²) in [4.78, 5) is 17.9. The number of carbonyl (C=O) groups is 1. The molecule has 1 fully saturated rings. The minimum absolute atomic E-state index is 0.126. The maximum absolute atomic E-state index is 13.2. The molecular formula is C22H27N3O3. The topological polar surface area (TPSA) is 97.7 Å². The first-order chi connectivity index (χ1) is 13.4. The number of carbonyl (C=O) groups excluding carboxylic acids is 1. The van der Waals surface area contributed by atoms with Crippen LogP contribution in [0.15, 0.2) is 40.5 Å². The lowest BCUT2D eigenvalue weighted by molar-refractivity contribution is -0.124. The van der Waals surface area contributed by atoms with E-state index >= 15 is 0 Å². The number of ketones is 1. The van der Waals surface area contributed by atoms with Crippen molar-refractivity contribution in [3.8, 4) is 11.8 Å². The normalized spacial score (nSPS) is 23.7. The van der Waals surface area contributed by atoms with E-state index in [0.29, 0.717) is 43.0 Å². The number of hydrogen-bond acceptors (Lipinski definition) is 6. The number of allylic oxidation sites excluding steroid dienone is 1. The van der Waals surface area contributed by atoms with Gasteiger partial charge >= 0.3 is 0 Å². The van der Waals surface area contributed by atoms with Crippen molar-refractivity contribution in [1.29, 1.82) is 5.26 Å². The van der Waals surface area contributed by atoms with Crippen molar-refractivity contribution in [3.63, 3.8) is 0 Å². The Morgan fingerprint density at radius 1 is 1.29 bits per heavy atom. The molecule has 3 rings (SSSR count). The van der Waals surface area contributed by atoms with Gasteiger partial charge in [-0.05, 0) is 17.9 Å². The van der Waals surface area contributed by atoms with Gasteiger partial charge in [0.1, 0.15) is 11.5 Å². The molecule has 6 heteroatoms. The van der Waals surface area contributed by atoms with Gasteiger partial charge in [0.05, 0.1) is 43.6 Å². The minimum Gasteiger partial charge on any atom is -0.496 e. The monoisotopic (exact) mass is 381 g/mol. The Balaban J connectivity index is 2.15. The lowest BCUT2D eigenvalue weighted by Crippen LogP contribution is -2.43. The largest absolute Gasteiger partial charge is 0.496 e. The van der Waals surface area contributed by atoms with Crippen LogP contribution in [0.25, 0.3) is 0 Å². The number of methoxy groups -OCH3 is 1. The molecule has 2 N–H and O–H groups in total. The van der Waals surface area contributed by atoms with E-state index in [0.717, 1.165) is 11.3 Å². The van der Waals surface area contributed by atoms with Crippen LogP contribution in [-0.4, -0.2) is 38.4 Å². The Bertz CT molecular complexity index is 864. The zero-order valence-corrected chi connectivity index (χ0v) is 16.7. The Morgan fingerprint density at radius 2 is 2.04 bits per heavy atom. The van der Waals surface area contributed by atoms with E-state index < -0.39 is 11.8 Å². The molecule has 1 heterocycles. The second-order valence-corrected chi connectivity index (χ2v) is 8.10. The number of hydrogen-bond donors (Lipinski definition) is 1. The Labute approximate surface area is 166 Å². The van der Waals surface area contributed by atoms with E-state index in [1.165, 1.54) is 0 Å². The van der Waals surface area contributed by atoms with E-state index in [2.05, 4.69) is 19.9 Å². The summed E-state index contributed by atoms with van der Waals surface area (Å²) in [5.41, 5.74) is 8.11. The zero-order chi connectivity index (χ0) is 20.3. The van der Waals surface area contributed by atoms with Crippen molar-refractivity contribution >= 4 is 11.5 Å². The fourth-order valence-electron chi connectivity index (χ4n) is 4.25. The molecule has 1 aliphatic carbocycles. The predicted molar refractivity (Wildman–Crippen MR) is 107 cm³/mol. The number of para-hydroxylation sites is 1. The highest BCUT2D eigenvalue weighted by molar-refractivity contribution is 6.10. The quantitative estimate of drug-likeness (QED) is 0.764. The lowest BCUT2D eigenvalue weighted by Gasteiger charge is -2.40. The SMILES string of the molecule is COc1ccccc1C1C(C#N)=C(COCCN)N=C2CC(C)(C)CC(=O)C21. The van der Waals surface area contributed by atoms with Crippen molar-refractivity contribution in [3.05, 3.63) is 41.1 Å². The standard InChI is InChI=1S/C22H27N3O3/c1-22(2)10-16-21(18(26)11-22)20(14-6-4-5-7-19(14)27-3)15(12-24)17(25-16)13-28-9-8-23/h4-7,20-21H,8-11,13,23H2,1-3H3. The average Bonchev–Trinajstić information content (AvgIpc) is 2.66. The summed E-state index contributed by atoms with van der Waals surface area (Å²) in [7, 11) is 1.60. The van der Waals surface area contributed by atoms with Crippen molar-refractivity contribution in [2.75, 3.05) is 26.9 Å². The number of nitriles is 1. The Morgan fingerprint density at radius 3 is 2.71 bits per heavy atom. The van der Waals surface area contributed by atoms with Crippen LogP contribution in [0.3, 0.4) is 0 Å². The number of aliphatic imine (C=N–C) groups is 1. The highest BCUT2D eigenvalue weighted by atomic mass is 16.5. The Hall–Kier alpha value is -2.49. The third-order valence-electron chi connectivity index (χ3n) is 5.35. The third kappa shape index (κ3) is 3.87. The molecule has 1 aromatic carbocycles. The maximum atomic E-state index is 13.2. The summed E-state index contributed by atoms with van der Waals surface area (Å²) >= 11 is 0. The summed E-state index contributed by atoms with van der Waals surface area (Å²) in [5.74, 6) is -0.0482. The van der Waals surface area contributed by atoms with Crippen LogP contribution in [0.5, 0.6) is 5.75 Å². The van der Waals surface area contributed by atoms with Gasteiger partial charge in [0.25, 0.3) is 0 Å². The van der Waals surface area contributed by atoms with E-state index in [9.17, 15) is 10.1 Å². The van der Waals surface area contributed by atoms with Crippen molar-refractivity contribution in [2.45, 2.75) is 32.6 Å². The summed E-state index contributed by atoms with van der Waals surface area (Å²) in [6.07, 6.45) is 1.19. The van der Waals surface area contributed by atoms with Crippen LogP contribution in [0.2, 0.25) is 0 Å². The molecule has 1 aliphatic heterocycles. The van der Waals surface area contributed by atoms with E-state index in [1.807, 2.05) is 24.3 Å². The van der Waals surface area contributed by atoms with Crippen LogP contribution >= 0.6 is 0 Å². The molecule has 28 heavy (non-hydrogen) atoms. The second kappa shape index (κ2) is 8.26. The number of Topliss-reactive ketones (excluding diaryl/α,β-unsaturated/α-hetero) is 1. The predicted octanol–water partition coefficient (Wildman–Crippen LogP) is 2.99. The second-order valence-electron chi connectivity index (χ2n) is 8.10. The smallest absolute Gasteiger partial charge is 0.143 e. The van der Waals surface area contributed by atoms with Gasteiger partial charge in [0.15, 0.2) is 0 Å². The highest BCUT2D eigenvalue weighted by Crippen LogP contribution is 2.48. The van der Waals surface area contributed by atoms with E-state index in [1.54, 1.807) is 7.11 Å². The van der Waals surface area contributed by atoms with Crippen molar-refractivity contribution in [1.82, 2.24) is 0 Å². The molecule has 0 radical (unpaired) electrons. The molecule has 6 nitrogen and oxygen atoms in total. The average molecular weight is 381 g/mol. The van der Waals surface area contributed by atoms with Crippen LogP contribution in [-0.2, 0) is 9.53 Å². The van der Waals surface area contributed by atoms with Gasteiger partial charge in [-0.1, -0.05) is 32.0 Å². The van der Waals surface area contributed by atoms with Gasteiger partial charge in [-0.3, -0.25) is 9.79 Å². The molecule has 2 unspecified atom stereocenters. The number of nitrogens with zero attached hydrogens (tertiary/aromatic N) is 2. The fourth-order valence-corrected chi connectivity index (χ4v) is 4.25. The van der Waals surface area contributed by atoms with E-state index in [-0.39, 0.29) is 17.8 Å². The van der Waals surface area contributed by atoms with Gasteiger partial charge in [-0.25, -0.2) is 0 Å². The van der Waals surface area contributed by atoms with Crippen LogP contribution in [0.4, 0.5) is 0 Å². The number of nitrogens with two attached hydrogens (primary N) is 1. The van der Waals surface area contributed by atoms with Gasteiger partial charge in [-0.2, -0.15) is 5.26 Å². The first kappa shape index (κ1) is 20.2. The molecule has 0 aromatic heterocycles. The van der Waals surface area contributed by atoms with Gasteiger partial charge < -0.3 is 15.2 Å². The van der Waals surface area contributed by atoms with E-state index in [4.69, 9.17) is 20.2 Å². The van der Waals surface area contributed by atoms with Gasteiger partial charge in [0.2, 0.25) is 0 Å². The summed E-state index contributed by atoms with van der Waals surface area (Å²) < 4.78 is 11.1. The molecule has 2 atom stereocenters. The summed E-state index contributed by atoms with van der Waals surface area (Å²) in [6.45, 7) is 5.15. The minimum atomic E-state index is -0.433.